The van der Waals surface area contributed by atoms with Crippen LogP contribution in [0, 0.1) is 29.1 Å². The van der Waals surface area contributed by atoms with E-state index in [2.05, 4.69) is 6.58 Å². The molecule has 0 amide bonds. The summed E-state index contributed by atoms with van der Waals surface area (Å²) < 4.78 is 0. The summed E-state index contributed by atoms with van der Waals surface area (Å²) in [6.45, 7) is 4.12. The molecule has 4 rings (SSSR count). The van der Waals surface area contributed by atoms with Crippen LogP contribution in [0.3, 0.4) is 0 Å². The van der Waals surface area contributed by atoms with E-state index in [-0.39, 0.29) is 0 Å². The number of hydrogen-bond acceptors (Lipinski definition) is 0. The number of hydrogen-bond donors (Lipinski definition) is 0. The van der Waals surface area contributed by atoms with Gasteiger partial charge in [-0.05, 0) is 48.3 Å². The van der Waals surface area contributed by atoms with Crippen molar-refractivity contribution in [2.45, 2.75) is 19.3 Å². The van der Waals surface area contributed by atoms with Crippen molar-refractivity contribution in [2.75, 3.05) is 0 Å². The molecule has 4 aliphatic carbocycles. The number of fused-ring (bicyclic) bond motifs is 2. The SMILES string of the molecule is C=C1CC2C3CC4C(C1)C234. The third kappa shape index (κ3) is 0.223. The second-order valence-electron chi connectivity index (χ2n) is 4.82. The lowest BCUT2D eigenvalue weighted by Gasteiger charge is -2.09. The molecule has 0 aromatic heterocycles. The zero-order chi connectivity index (χ0) is 6.51. The van der Waals surface area contributed by atoms with E-state index in [1.807, 2.05) is 0 Å². The smallest absolute Gasteiger partial charge is 0.0166 e. The van der Waals surface area contributed by atoms with E-state index < -0.39 is 0 Å². The Labute approximate surface area is 61.3 Å². The Morgan fingerprint density at radius 3 is 2.20 bits per heavy atom. The van der Waals surface area contributed by atoms with E-state index in [1.165, 1.54) is 24.7 Å². The largest absolute Gasteiger partial charge is 0.0998 e. The molecule has 0 bridgehead atoms. The second-order valence-corrected chi connectivity index (χ2v) is 4.82. The van der Waals surface area contributed by atoms with Crippen LogP contribution in [0.2, 0.25) is 0 Å². The minimum atomic E-state index is 0.987. The van der Waals surface area contributed by atoms with Gasteiger partial charge in [0, 0.05) is 0 Å². The molecule has 4 fully saturated rings. The zero-order valence-electron chi connectivity index (χ0n) is 6.14. The van der Waals surface area contributed by atoms with Crippen molar-refractivity contribution < 1.29 is 0 Å². The lowest BCUT2D eigenvalue weighted by atomic mass is 9.96. The predicted octanol–water partition coefficient (Wildman–Crippen LogP) is 2.22. The molecular weight excluding hydrogens is 120 g/mol. The Balaban J connectivity index is 1.86. The quantitative estimate of drug-likeness (QED) is 0.443. The van der Waals surface area contributed by atoms with Crippen LogP contribution in [-0.4, -0.2) is 0 Å². The van der Waals surface area contributed by atoms with E-state index in [4.69, 9.17) is 0 Å². The third-order valence-corrected chi connectivity index (χ3v) is 4.85. The zero-order valence-corrected chi connectivity index (χ0v) is 6.14. The molecule has 0 aromatic rings. The van der Waals surface area contributed by atoms with Gasteiger partial charge in [-0.15, -0.1) is 0 Å². The van der Waals surface area contributed by atoms with Crippen molar-refractivity contribution in [1.29, 1.82) is 0 Å². The summed E-state index contributed by atoms with van der Waals surface area (Å²) in [6.07, 6.45) is 4.40. The average Bonchev–Trinajstić information content (AvgIpc) is 2.46. The summed E-state index contributed by atoms with van der Waals surface area (Å²) in [5, 5.41) is 0. The summed E-state index contributed by atoms with van der Waals surface area (Å²) in [4.78, 5) is 0. The van der Waals surface area contributed by atoms with Crippen molar-refractivity contribution in [3.8, 4) is 0 Å². The topological polar surface area (TPSA) is 0 Å². The lowest BCUT2D eigenvalue weighted by molar-refractivity contribution is 0.451. The van der Waals surface area contributed by atoms with Crippen molar-refractivity contribution >= 4 is 0 Å². The minimum Gasteiger partial charge on any atom is -0.0998 e. The van der Waals surface area contributed by atoms with Crippen LogP contribution in [0.5, 0.6) is 0 Å². The normalized spacial score (nSPS) is 73.4. The maximum absolute atomic E-state index is 4.12. The molecular formula is C10H12. The van der Waals surface area contributed by atoms with E-state index in [0.29, 0.717) is 0 Å². The Hall–Kier alpha value is -0.260. The first kappa shape index (κ1) is 4.58. The Kier molecular flexibility index (Phi) is 0.426. The summed E-state index contributed by atoms with van der Waals surface area (Å²) in [7, 11) is 0. The van der Waals surface area contributed by atoms with Gasteiger partial charge in [-0.1, -0.05) is 12.2 Å². The fraction of sp³-hybridized carbons (Fsp3) is 0.800. The molecule has 0 saturated heterocycles. The number of allylic oxidation sites excluding steroid dienone is 1. The number of rotatable bonds is 0. The van der Waals surface area contributed by atoms with Crippen molar-refractivity contribution in [2.24, 2.45) is 29.1 Å². The lowest BCUT2D eigenvalue weighted by Crippen LogP contribution is -1.97. The standard InChI is InChI=1S/C10H12/c1-5-2-6-8-4-9-7(3-5)10(6,8)9/h6-9H,1-4H2. The van der Waals surface area contributed by atoms with Gasteiger partial charge in [0.15, 0.2) is 0 Å². The molecule has 4 saturated carbocycles. The van der Waals surface area contributed by atoms with Crippen molar-refractivity contribution in [3.63, 3.8) is 0 Å². The van der Waals surface area contributed by atoms with Crippen molar-refractivity contribution in [1.82, 2.24) is 0 Å². The first-order valence-electron chi connectivity index (χ1n) is 4.52. The third-order valence-electron chi connectivity index (χ3n) is 4.85. The van der Waals surface area contributed by atoms with Gasteiger partial charge >= 0.3 is 0 Å². The van der Waals surface area contributed by atoms with Gasteiger partial charge in [0.2, 0.25) is 0 Å². The first-order valence-corrected chi connectivity index (χ1v) is 4.52. The average molecular weight is 132 g/mol. The Morgan fingerprint density at radius 2 is 1.70 bits per heavy atom. The van der Waals surface area contributed by atoms with Gasteiger partial charge in [-0.3, -0.25) is 0 Å². The first-order chi connectivity index (χ1) is 4.85. The molecule has 0 radical (unpaired) electrons. The maximum Gasteiger partial charge on any atom is -0.0166 e. The molecule has 4 atom stereocenters. The highest BCUT2D eigenvalue weighted by atomic mass is 14.9. The highest BCUT2D eigenvalue weighted by Crippen LogP contribution is 2.96. The van der Waals surface area contributed by atoms with Crippen LogP contribution in [0.15, 0.2) is 12.2 Å². The summed E-state index contributed by atoms with van der Waals surface area (Å²) in [5.41, 5.74) is 2.55. The van der Waals surface area contributed by atoms with Crippen LogP contribution in [-0.2, 0) is 0 Å². The second kappa shape index (κ2) is 0.929. The summed E-state index contributed by atoms with van der Waals surface area (Å²) in [6, 6.07) is 0. The molecule has 52 valence electrons. The molecule has 0 aromatic carbocycles. The van der Waals surface area contributed by atoms with E-state index in [9.17, 15) is 0 Å². The van der Waals surface area contributed by atoms with Crippen LogP contribution < -0.4 is 0 Å². The monoisotopic (exact) mass is 132 g/mol. The van der Waals surface area contributed by atoms with Crippen LogP contribution in [0.1, 0.15) is 19.3 Å². The molecule has 0 nitrogen and oxygen atoms in total. The molecule has 0 heterocycles. The molecule has 0 N–H and O–H groups in total. The Bertz CT molecular complexity index is 227. The van der Waals surface area contributed by atoms with Crippen LogP contribution in [0.25, 0.3) is 0 Å². The summed E-state index contributed by atoms with van der Waals surface area (Å²) in [5.74, 6) is 4.68. The predicted molar refractivity (Wildman–Crippen MR) is 39.4 cm³/mol. The van der Waals surface area contributed by atoms with Gasteiger partial charge in [-0.25, -0.2) is 0 Å². The van der Waals surface area contributed by atoms with E-state index in [1.54, 1.807) is 12.0 Å². The van der Waals surface area contributed by atoms with Gasteiger partial charge in [-0.2, -0.15) is 0 Å². The maximum atomic E-state index is 4.12. The Morgan fingerprint density at radius 1 is 1.10 bits per heavy atom. The highest BCUT2D eigenvalue weighted by Gasteiger charge is 2.91. The van der Waals surface area contributed by atoms with Crippen LogP contribution in [0.4, 0.5) is 0 Å². The molecule has 4 unspecified atom stereocenters. The van der Waals surface area contributed by atoms with Gasteiger partial charge in [0.25, 0.3) is 0 Å². The highest BCUT2D eigenvalue weighted by molar-refractivity contribution is 5.42. The molecule has 0 heteroatoms. The van der Waals surface area contributed by atoms with E-state index >= 15 is 0 Å². The minimum absolute atomic E-state index is 0.987. The van der Waals surface area contributed by atoms with Gasteiger partial charge in [0.1, 0.15) is 0 Å². The summed E-state index contributed by atoms with van der Waals surface area (Å²) >= 11 is 0. The van der Waals surface area contributed by atoms with E-state index in [0.717, 1.165) is 17.3 Å². The molecule has 1 spiro atoms. The molecule has 4 aliphatic rings. The van der Waals surface area contributed by atoms with Gasteiger partial charge in [0.05, 0.1) is 0 Å². The molecule has 10 heavy (non-hydrogen) atoms. The fourth-order valence-corrected chi connectivity index (χ4v) is 4.47. The fourth-order valence-electron chi connectivity index (χ4n) is 4.47. The molecule has 0 aliphatic heterocycles. The van der Waals surface area contributed by atoms with Gasteiger partial charge < -0.3 is 0 Å². The van der Waals surface area contributed by atoms with Crippen molar-refractivity contribution in [3.05, 3.63) is 12.2 Å². The van der Waals surface area contributed by atoms with Crippen LogP contribution >= 0.6 is 0 Å².